The number of carbonyl (C=O) groups is 1. The number of carbonyl (C=O) groups excluding carboxylic acids is 1. The first kappa shape index (κ1) is 13.0. The number of nitrogens with one attached hydrogen (secondary N) is 1. The molecule has 1 amide bonds. The molecule has 0 bridgehead atoms. The molecule has 0 saturated heterocycles. The van der Waals surface area contributed by atoms with Gasteiger partial charge in [-0.1, -0.05) is 6.42 Å². The lowest BCUT2D eigenvalue weighted by Crippen LogP contribution is -2.31. The van der Waals surface area contributed by atoms with E-state index in [4.69, 9.17) is 16.0 Å². The predicted octanol–water partition coefficient (Wildman–Crippen LogP) is 3.57. The van der Waals surface area contributed by atoms with E-state index in [9.17, 15) is 4.79 Å². The predicted molar refractivity (Wildman–Crippen MR) is 70.3 cm³/mol. The van der Waals surface area contributed by atoms with Crippen molar-refractivity contribution in [2.45, 2.75) is 31.1 Å². The second-order valence-electron chi connectivity index (χ2n) is 4.44. The number of amides is 1. The molecular weight excluding hydrogens is 305 g/mol. The fourth-order valence-corrected chi connectivity index (χ4v) is 2.88. The molecule has 17 heavy (non-hydrogen) atoms. The van der Waals surface area contributed by atoms with E-state index in [-0.39, 0.29) is 11.3 Å². The SMILES string of the molecule is O=C(NCC1CCCC(Cl)C1)c1ccc(Br)o1. The van der Waals surface area contributed by atoms with Crippen molar-refractivity contribution >= 4 is 33.4 Å². The molecule has 0 aromatic carbocycles. The molecule has 2 rings (SSSR count). The van der Waals surface area contributed by atoms with Gasteiger partial charge in [-0.3, -0.25) is 4.79 Å². The minimum atomic E-state index is -0.160. The van der Waals surface area contributed by atoms with Gasteiger partial charge >= 0.3 is 0 Å². The van der Waals surface area contributed by atoms with E-state index in [2.05, 4.69) is 21.2 Å². The van der Waals surface area contributed by atoms with Crippen molar-refractivity contribution in [1.82, 2.24) is 5.32 Å². The first-order valence-electron chi connectivity index (χ1n) is 5.83. The average molecular weight is 321 g/mol. The highest BCUT2D eigenvalue weighted by molar-refractivity contribution is 9.10. The van der Waals surface area contributed by atoms with Gasteiger partial charge in [-0.15, -0.1) is 11.6 Å². The van der Waals surface area contributed by atoms with E-state index in [1.54, 1.807) is 12.1 Å². The van der Waals surface area contributed by atoms with Crippen LogP contribution in [0, 0.1) is 5.92 Å². The van der Waals surface area contributed by atoms with Crippen molar-refractivity contribution in [2.24, 2.45) is 5.92 Å². The van der Waals surface area contributed by atoms with Crippen LogP contribution in [-0.2, 0) is 0 Å². The number of rotatable bonds is 3. The topological polar surface area (TPSA) is 42.2 Å². The van der Waals surface area contributed by atoms with Crippen LogP contribution in [0.25, 0.3) is 0 Å². The van der Waals surface area contributed by atoms with Gasteiger partial charge in [-0.05, 0) is 53.2 Å². The van der Waals surface area contributed by atoms with Gasteiger partial charge in [0, 0.05) is 11.9 Å². The van der Waals surface area contributed by atoms with Gasteiger partial charge in [0.1, 0.15) is 0 Å². The molecule has 0 spiro atoms. The maximum Gasteiger partial charge on any atom is 0.287 e. The van der Waals surface area contributed by atoms with Gasteiger partial charge < -0.3 is 9.73 Å². The fraction of sp³-hybridized carbons (Fsp3) is 0.583. The summed E-state index contributed by atoms with van der Waals surface area (Å²) in [6.07, 6.45) is 4.38. The van der Waals surface area contributed by atoms with Gasteiger partial charge in [-0.2, -0.15) is 0 Å². The summed E-state index contributed by atoms with van der Waals surface area (Å²) in [4.78, 5) is 11.7. The molecule has 2 atom stereocenters. The van der Waals surface area contributed by atoms with Gasteiger partial charge in [0.2, 0.25) is 0 Å². The zero-order valence-corrected chi connectivity index (χ0v) is 11.8. The Balaban J connectivity index is 1.80. The van der Waals surface area contributed by atoms with E-state index in [1.165, 1.54) is 0 Å². The van der Waals surface area contributed by atoms with Gasteiger partial charge in [0.05, 0.1) is 0 Å². The van der Waals surface area contributed by atoms with Crippen LogP contribution in [0.3, 0.4) is 0 Å². The maximum atomic E-state index is 11.7. The second kappa shape index (κ2) is 5.91. The number of hydrogen-bond acceptors (Lipinski definition) is 2. The molecule has 1 aliphatic rings. The summed E-state index contributed by atoms with van der Waals surface area (Å²) >= 11 is 9.28. The van der Waals surface area contributed by atoms with Crippen molar-refractivity contribution < 1.29 is 9.21 Å². The van der Waals surface area contributed by atoms with Crippen molar-refractivity contribution in [3.8, 4) is 0 Å². The summed E-state index contributed by atoms with van der Waals surface area (Å²) < 4.78 is 5.76. The van der Waals surface area contributed by atoms with E-state index >= 15 is 0 Å². The minimum absolute atomic E-state index is 0.160. The minimum Gasteiger partial charge on any atom is -0.444 e. The Kier molecular flexibility index (Phi) is 4.51. The standard InChI is InChI=1S/C12H15BrClNO2/c13-11-5-4-10(17-11)12(16)15-7-8-2-1-3-9(14)6-8/h4-5,8-9H,1-3,6-7H2,(H,15,16). The Labute approximate surface area is 114 Å². The van der Waals surface area contributed by atoms with E-state index < -0.39 is 0 Å². The largest absolute Gasteiger partial charge is 0.444 e. The third kappa shape index (κ3) is 3.75. The number of furan rings is 1. The molecule has 0 radical (unpaired) electrons. The molecule has 1 aromatic heterocycles. The highest BCUT2D eigenvalue weighted by atomic mass is 79.9. The summed E-state index contributed by atoms with van der Waals surface area (Å²) in [5.41, 5.74) is 0. The molecule has 5 heteroatoms. The summed E-state index contributed by atoms with van der Waals surface area (Å²) in [7, 11) is 0. The molecule has 3 nitrogen and oxygen atoms in total. The van der Waals surface area contributed by atoms with E-state index in [0.29, 0.717) is 22.9 Å². The van der Waals surface area contributed by atoms with Crippen LogP contribution < -0.4 is 5.32 Å². The van der Waals surface area contributed by atoms with Gasteiger partial charge in [0.15, 0.2) is 10.4 Å². The first-order chi connectivity index (χ1) is 8.15. The van der Waals surface area contributed by atoms with E-state index in [1.807, 2.05) is 0 Å². The molecule has 1 aromatic rings. The molecule has 1 aliphatic carbocycles. The normalized spacial score (nSPS) is 24.6. The summed E-state index contributed by atoms with van der Waals surface area (Å²) in [6, 6.07) is 3.37. The Morgan fingerprint density at radius 2 is 2.35 bits per heavy atom. The number of alkyl halides is 1. The zero-order chi connectivity index (χ0) is 12.3. The van der Waals surface area contributed by atoms with Crippen LogP contribution >= 0.6 is 27.5 Å². The monoisotopic (exact) mass is 319 g/mol. The second-order valence-corrected chi connectivity index (χ2v) is 5.84. The van der Waals surface area contributed by atoms with Crippen LogP contribution in [0.5, 0.6) is 0 Å². The Bertz CT molecular complexity index is 394. The van der Waals surface area contributed by atoms with E-state index in [0.717, 1.165) is 25.7 Å². The van der Waals surface area contributed by atoms with Crippen LogP contribution in [0.1, 0.15) is 36.2 Å². The van der Waals surface area contributed by atoms with Crippen molar-refractivity contribution in [1.29, 1.82) is 0 Å². The lowest BCUT2D eigenvalue weighted by Gasteiger charge is -2.25. The third-order valence-corrected chi connectivity index (χ3v) is 3.89. The van der Waals surface area contributed by atoms with Crippen LogP contribution in [0.2, 0.25) is 0 Å². The molecule has 1 heterocycles. The maximum absolute atomic E-state index is 11.7. The molecule has 1 N–H and O–H groups in total. The highest BCUT2D eigenvalue weighted by Gasteiger charge is 2.21. The van der Waals surface area contributed by atoms with Gasteiger partial charge in [0.25, 0.3) is 5.91 Å². The van der Waals surface area contributed by atoms with Crippen LogP contribution in [-0.4, -0.2) is 17.8 Å². The lowest BCUT2D eigenvalue weighted by molar-refractivity contribution is 0.0914. The smallest absolute Gasteiger partial charge is 0.287 e. The summed E-state index contributed by atoms with van der Waals surface area (Å²) in [6.45, 7) is 0.681. The fourth-order valence-electron chi connectivity index (χ4n) is 2.17. The Hall–Kier alpha value is -0.480. The molecule has 1 saturated carbocycles. The van der Waals surface area contributed by atoms with Crippen molar-refractivity contribution in [3.05, 3.63) is 22.6 Å². The van der Waals surface area contributed by atoms with Crippen molar-refractivity contribution in [2.75, 3.05) is 6.54 Å². The number of hydrogen-bond donors (Lipinski definition) is 1. The summed E-state index contributed by atoms with van der Waals surface area (Å²) in [5.74, 6) is 0.677. The summed E-state index contributed by atoms with van der Waals surface area (Å²) in [5, 5.41) is 3.16. The molecule has 2 unspecified atom stereocenters. The van der Waals surface area contributed by atoms with Crippen LogP contribution in [0.4, 0.5) is 0 Å². The quantitative estimate of drug-likeness (QED) is 0.865. The number of halogens is 2. The molecule has 1 fully saturated rings. The Morgan fingerprint density at radius 3 is 3.00 bits per heavy atom. The zero-order valence-electron chi connectivity index (χ0n) is 9.42. The van der Waals surface area contributed by atoms with Crippen LogP contribution in [0.15, 0.2) is 21.2 Å². The lowest BCUT2D eigenvalue weighted by atomic mass is 9.89. The first-order valence-corrected chi connectivity index (χ1v) is 7.05. The average Bonchev–Trinajstić information content (AvgIpc) is 2.73. The molecule has 94 valence electrons. The molecule has 0 aliphatic heterocycles. The van der Waals surface area contributed by atoms with Crippen molar-refractivity contribution in [3.63, 3.8) is 0 Å². The Morgan fingerprint density at radius 1 is 1.53 bits per heavy atom. The van der Waals surface area contributed by atoms with Gasteiger partial charge in [-0.25, -0.2) is 0 Å². The third-order valence-electron chi connectivity index (χ3n) is 3.07. The molecular formula is C12H15BrClNO2. The highest BCUT2D eigenvalue weighted by Crippen LogP contribution is 2.27.